The zero-order valence-electron chi connectivity index (χ0n) is 15.4. The van der Waals surface area contributed by atoms with Crippen LogP contribution in [0.25, 0.3) is 11.0 Å². The highest BCUT2D eigenvalue weighted by atomic mass is 32.2. The van der Waals surface area contributed by atoms with Gasteiger partial charge in [-0.05, 0) is 50.5 Å². The van der Waals surface area contributed by atoms with Crippen LogP contribution in [0.5, 0.6) is 0 Å². The van der Waals surface area contributed by atoms with Gasteiger partial charge in [-0.3, -0.25) is 9.59 Å². The van der Waals surface area contributed by atoms with Gasteiger partial charge in [0.1, 0.15) is 0 Å². The van der Waals surface area contributed by atoms with E-state index in [1.807, 2.05) is 49.9 Å². The molecule has 1 amide bonds. The molecule has 1 atom stereocenters. The number of aromatic amines is 1. The second-order valence-corrected chi connectivity index (χ2v) is 7.85. The lowest BCUT2D eigenvalue weighted by atomic mass is 10.1. The van der Waals surface area contributed by atoms with Crippen molar-refractivity contribution in [3.63, 3.8) is 0 Å². The van der Waals surface area contributed by atoms with Crippen LogP contribution in [-0.2, 0) is 11.2 Å². The van der Waals surface area contributed by atoms with Crippen LogP contribution >= 0.6 is 11.8 Å². The number of para-hydroxylation sites is 1. The molecule has 0 aliphatic carbocycles. The summed E-state index contributed by atoms with van der Waals surface area (Å²) in [4.78, 5) is 38.6. The predicted molar refractivity (Wildman–Crippen MR) is 107 cm³/mol. The van der Waals surface area contributed by atoms with E-state index in [9.17, 15) is 9.59 Å². The fraction of sp³-hybridized carbons (Fsp3) is 0.300. The van der Waals surface area contributed by atoms with Crippen molar-refractivity contribution in [1.82, 2.24) is 15.0 Å². The molecule has 4 rings (SSSR count). The molecule has 27 heavy (non-hydrogen) atoms. The minimum Gasteiger partial charge on any atom is -0.308 e. The molecule has 7 heteroatoms. The SMILES string of the molecule is Cc1cc(C)c2c(=O)[nH]c(SCC(=O)N3c4ccccc4C[C@H]3C)nc2n1. The lowest BCUT2D eigenvalue weighted by molar-refractivity contribution is -0.116. The molecule has 2 aromatic heterocycles. The van der Waals surface area contributed by atoms with Crippen LogP contribution in [0.2, 0.25) is 0 Å². The fourth-order valence-electron chi connectivity index (χ4n) is 3.68. The summed E-state index contributed by atoms with van der Waals surface area (Å²) >= 11 is 1.23. The highest BCUT2D eigenvalue weighted by molar-refractivity contribution is 7.99. The van der Waals surface area contributed by atoms with E-state index in [0.717, 1.165) is 23.4 Å². The first kappa shape index (κ1) is 17.7. The van der Waals surface area contributed by atoms with Gasteiger partial charge in [-0.25, -0.2) is 9.97 Å². The van der Waals surface area contributed by atoms with Crippen LogP contribution in [-0.4, -0.2) is 32.7 Å². The molecule has 1 aliphatic rings. The molecule has 138 valence electrons. The lowest BCUT2D eigenvalue weighted by Crippen LogP contribution is -2.37. The number of nitrogens with zero attached hydrogens (tertiary/aromatic N) is 3. The van der Waals surface area contributed by atoms with Crippen molar-refractivity contribution in [3.05, 3.63) is 57.5 Å². The highest BCUT2D eigenvalue weighted by Gasteiger charge is 2.30. The van der Waals surface area contributed by atoms with Gasteiger partial charge in [0, 0.05) is 17.4 Å². The van der Waals surface area contributed by atoms with Crippen LogP contribution in [0, 0.1) is 13.8 Å². The number of carbonyl (C=O) groups excluding carboxylic acids is 1. The van der Waals surface area contributed by atoms with Gasteiger partial charge >= 0.3 is 0 Å². The Bertz CT molecular complexity index is 1110. The van der Waals surface area contributed by atoms with Crippen molar-refractivity contribution in [2.45, 2.75) is 38.4 Å². The third-order valence-corrected chi connectivity index (χ3v) is 5.65. The number of aryl methyl sites for hydroxylation is 2. The Morgan fingerprint density at radius 3 is 2.89 bits per heavy atom. The maximum absolute atomic E-state index is 12.8. The molecule has 0 saturated heterocycles. The Morgan fingerprint density at radius 1 is 1.30 bits per heavy atom. The van der Waals surface area contributed by atoms with Gasteiger partial charge in [0.2, 0.25) is 5.91 Å². The Morgan fingerprint density at radius 2 is 2.07 bits per heavy atom. The minimum absolute atomic E-state index is 0.00794. The number of rotatable bonds is 3. The molecule has 0 radical (unpaired) electrons. The molecule has 1 N–H and O–H groups in total. The number of fused-ring (bicyclic) bond motifs is 2. The smallest absolute Gasteiger partial charge is 0.261 e. The monoisotopic (exact) mass is 380 g/mol. The van der Waals surface area contributed by atoms with E-state index in [1.165, 1.54) is 17.3 Å². The standard InChI is InChI=1S/C20H20N4O2S/c1-11-8-12(2)21-18-17(11)19(26)23-20(22-18)27-10-16(25)24-13(3)9-14-6-4-5-7-15(14)24/h4-8,13H,9-10H2,1-3H3,(H,21,22,23,26)/t13-/m1/s1. The van der Waals surface area contributed by atoms with E-state index in [4.69, 9.17) is 0 Å². The fourth-order valence-corrected chi connectivity index (χ4v) is 4.39. The summed E-state index contributed by atoms with van der Waals surface area (Å²) in [5.41, 5.74) is 4.03. The van der Waals surface area contributed by atoms with Crippen LogP contribution < -0.4 is 10.5 Å². The van der Waals surface area contributed by atoms with Gasteiger partial charge in [-0.15, -0.1) is 0 Å². The molecule has 0 bridgehead atoms. The largest absolute Gasteiger partial charge is 0.308 e. The topological polar surface area (TPSA) is 79.0 Å². The first-order chi connectivity index (χ1) is 12.9. The number of H-pyrrole nitrogens is 1. The molecule has 0 spiro atoms. The normalized spacial score (nSPS) is 16.0. The summed E-state index contributed by atoms with van der Waals surface area (Å²) in [6, 6.07) is 9.98. The van der Waals surface area contributed by atoms with Gasteiger partial charge in [0.05, 0.1) is 11.1 Å². The summed E-state index contributed by atoms with van der Waals surface area (Å²) in [6.45, 7) is 5.79. The summed E-state index contributed by atoms with van der Waals surface area (Å²) in [7, 11) is 0. The molecular formula is C20H20N4O2S. The van der Waals surface area contributed by atoms with Crippen LogP contribution in [0.4, 0.5) is 5.69 Å². The third kappa shape index (κ3) is 3.23. The third-order valence-electron chi connectivity index (χ3n) is 4.79. The van der Waals surface area contributed by atoms with Crippen molar-refractivity contribution in [2.75, 3.05) is 10.7 Å². The summed E-state index contributed by atoms with van der Waals surface area (Å²) in [5, 5.41) is 0.914. The minimum atomic E-state index is -0.222. The number of hydrogen-bond acceptors (Lipinski definition) is 5. The molecule has 3 aromatic rings. The van der Waals surface area contributed by atoms with E-state index in [1.54, 1.807) is 0 Å². The number of benzene rings is 1. The van der Waals surface area contributed by atoms with Gasteiger partial charge in [0.25, 0.3) is 5.56 Å². The molecule has 0 saturated carbocycles. The van der Waals surface area contributed by atoms with E-state index in [2.05, 4.69) is 21.0 Å². The molecule has 1 aromatic carbocycles. The second kappa shape index (κ2) is 6.81. The number of aromatic nitrogens is 3. The van der Waals surface area contributed by atoms with E-state index >= 15 is 0 Å². The first-order valence-electron chi connectivity index (χ1n) is 8.85. The van der Waals surface area contributed by atoms with Crippen molar-refractivity contribution in [1.29, 1.82) is 0 Å². The Kier molecular flexibility index (Phi) is 4.47. The summed E-state index contributed by atoms with van der Waals surface area (Å²) in [5.74, 6) is 0.214. The number of thioether (sulfide) groups is 1. The number of hydrogen-bond donors (Lipinski definition) is 1. The van der Waals surface area contributed by atoms with Crippen molar-refractivity contribution >= 4 is 34.4 Å². The van der Waals surface area contributed by atoms with Gasteiger partial charge in [-0.1, -0.05) is 30.0 Å². The summed E-state index contributed by atoms with van der Waals surface area (Å²) < 4.78 is 0. The number of pyridine rings is 1. The first-order valence-corrected chi connectivity index (χ1v) is 9.83. The van der Waals surface area contributed by atoms with E-state index < -0.39 is 0 Å². The Hall–Kier alpha value is -2.67. The Balaban J connectivity index is 1.57. The maximum atomic E-state index is 12.8. The zero-order valence-corrected chi connectivity index (χ0v) is 16.3. The zero-order chi connectivity index (χ0) is 19.1. The molecule has 3 heterocycles. The molecule has 1 aliphatic heterocycles. The predicted octanol–water partition coefficient (Wildman–Crippen LogP) is 3.00. The molecule has 0 fully saturated rings. The van der Waals surface area contributed by atoms with Gasteiger partial charge in [0.15, 0.2) is 10.8 Å². The number of nitrogens with one attached hydrogen (secondary N) is 1. The second-order valence-electron chi connectivity index (χ2n) is 6.88. The number of anilines is 1. The maximum Gasteiger partial charge on any atom is 0.261 e. The van der Waals surface area contributed by atoms with Crippen LogP contribution in [0.1, 0.15) is 23.7 Å². The Labute approximate surface area is 161 Å². The average Bonchev–Trinajstić information content (AvgIpc) is 2.94. The molecule has 6 nitrogen and oxygen atoms in total. The quantitative estimate of drug-likeness (QED) is 0.558. The van der Waals surface area contributed by atoms with Crippen molar-refractivity contribution < 1.29 is 4.79 Å². The van der Waals surface area contributed by atoms with Gasteiger partial charge in [-0.2, -0.15) is 0 Å². The van der Waals surface area contributed by atoms with Crippen LogP contribution in [0.3, 0.4) is 0 Å². The number of amides is 1. The molecule has 0 unspecified atom stereocenters. The van der Waals surface area contributed by atoms with E-state index in [-0.39, 0.29) is 23.3 Å². The summed E-state index contributed by atoms with van der Waals surface area (Å²) in [6.07, 6.45) is 0.861. The van der Waals surface area contributed by atoms with E-state index in [0.29, 0.717) is 16.2 Å². The van der Waals surface area contributed by atoms with Crippen molar-refractivity contribution in [2.24, 2.45) is 0 Å². The average molecular weight is 380 g/mol. The highest BCUT2D eigenvalue weighted by Crippen LogP contribution is 2.32. The number of carbonyl (C=O) groups is 1. The van der Waals surface area contributed by atoms with Gasteiger partial charge < -0.3 is 9.88 Å². The van der Waals surface area contributed by atoms with Crippen molar-refractivity contribution in [3.8, 4) is 0 Å². The van der Waals surface area contributed by atoms with Crippen LogP contribution in [0.15, 0.2) is 40.3 Å². The lowest BCUT2D eigenvalue weighted by Gasteiger charge is -2.22. The molecular weight excluding hydrogens is 360 g/mol.